The third kappa shape index (κ3) is 3.92. The Hall–Kier alpha value is -1.67. The highest BCUT2D eigenvalue weighted by atomic mass is 35.5. The minimum atomic E-state index is 0.221. The highest BCUT2D eigenvalue weighted by molar-refractivity contribution is 6.32. The molecule has 1 unspecified atom stereocenters. The van der Waals surface area contributed by atoms with Crippen LogP contribution in [-0.4, -0.2) is 6.61 Å². The van der Waals surface area contributed by atoms with Gasteiger partial charge in [0.2, 0.25) is 0 Å². The predicted molar refractivity (Wildman–Crippen MR) is 90.6 cm³/mol. The van der Waals surface area contributed by atoms with E-state index in [1.807, 2.05) is 25.1 Å². The number of anilines is 1. The number of nitrogens with one attached hydrogen (secondary N) is 1. The molecule has 3 heteroatoms. The summed E-state index contributed by atoms with van der Waals surface area (Å²) >= 11 is 6.23. The van der Waals surface area contributed by atoms with Gasteiger partial charge in [0.15, 0.2) is 0 Å². The molecular weight excluding hydrogens is 282 g/mol. The molecule has 21 heavy (non-hydrogen) atoms. The van der Waals surface area contributed by atoms with Crippen LogP contribution in [0.3, 0.4) is 0 Å². The van der Waals surface area contributed by atoms with Crippen molar-refractivity contribution < 1.29 is 4.74 Å². The number of hydrogen-bond donors (Lipinski definition) is 1. The average Bonchev–Trinajstić information content (AvgIpc) is 2.44. The van der Waals surface area contributed by atoms with E-state index in [-0.39, 0.29) is 6.04 Å². The van der Waals surface area contributed by atoms with Gasteiger partial charge in [-0.1, -0.05) is 35.4 Å². The molecule has 0 bridgehead atoms. The van der Waals surface area contributed by atoms with Gasteiger partial charge in [-0.05, 0) is 57.0 Å². The Labute approximate surface area is 132 Å². The van der Waals surface area contributed by atoms with Gasteiger partial charge in [0.1, 0.15) is 5.75 Å². The van der Waals surface area contributed by atoms with Crippen molar-refractivity contribution in [3.05, 3.63) is 58.1 Å². The van der Waals surface area contributed by atoms with Crippen molar-refractivity contribution in [3.63, 3.8) is 0 Å². The van der Waals surface area contributed by atoms with Crippen LogP contribution in [-0.2, 0) is 0 Å². The van der Waals surface area contributed by atoms with Crippen molar-refractivity contribution in [3.8, 4) is 5.75 Å². The Bertz CT molecular complexity index is 625. The van der Waals surface area contributed by atoms with Gasteiger partial charge in [0.25, 0.3) is 0 Å². The van der Waals surface area contributed by atoms with E-state index in [0.717, 1.165) is 11.4 Å². The van der Waals surface area contributed by atoms with Crippen LogP contribution in [0.1, 0.15) is 36.6 Å². The molecule has 0 saturated carbocycles. The van der Waals surface area contributed by atoms with Crippen molar-refractivity contribution >= 4 is 17.3 Å². The van der Waals surface area contributed by atoms with Crippen LogP contribution >= 0.6 is 11.6 Å². The Morgan fingerprint density at radius 2 is 1.90 bits per heavy atom. The fourth-order valence-electron chi connectivity index (χ4n) is 2.42. The zero-order valence-corrected chi connectivity index (χ0v) is 13.8. The Balaban J connectivity index is 2.17. The number of aryl methyl sites for hydroxylation is 2. The van der Waals surface area contributed by atoms with Gasteiger partial charge in [-0.15, -0.1) is 0 Å². The lowest BCUT2D eigenvalue weighted by Gasteiger charge is -2.19. The van der Waals surface area contributed by atoms with E-state index in [1.54, 1.807) is 0 Å². The van der Waals surface area contributed by atoms with Gasteiger partial charge in [0.05, 0.1) is 11.6 Å². The smallest absolute Gasteiger partial charge is 0.138 e. The molecule has 1 N–H and O–H groups in total. The van der Waals surface area contributed by atoms with E-state index in [9.17, 15) is 0 Å². The maximum absolute atomic E-state index is 6.23. The molecule has 1 atom stereocenters. The third-order valence-electron chi connectivity index (χ3n) is 3.52. The molecule has 0 heterocycles. The largest absolute Gasteiger partial charge is 0.492 e. The molecule has 0 amide bonds. The van der Waals surface area contributed by atoms with Crippen molar-refractivity contribution in [1.29, 1.82) is 0 Å². The Kier molecular flexibility index (Phi) is 5.13. The molecule has 2 nitrogen and oxygen atoms in total. The molecular formula is C18H22ClNO. The zero-order chi connectivity index (χ0) is 15.4. The highest BCUT2D eigenvalue weighted by Crippen LogP contribution is 2.30. The van der Waals surface area contributed by atoms with E-state index in [0.29, 0.717) is 11.6 Å². The molecule has 0 aliphatic heterocycles. The number of ether oxygens (including phenoxy) is 1. The van der Waals surface area contributed by atoms with Crippen molar-refractivity contribution in [1.82, 2.24) is 0 Å². The highest BCUT2D eigenvalue weighted by Gasteiger charge is 2.10. The zero-order valence-electron chi connectivity index (χ0n) is 13.0. The monoisotopic (exact) mass is 303 g/mol. The van der Waals surface area contributed by atoms with Gasteiger partial charge in [0, 0.05) is 11.7 Å². The molecule has 0 aliphatic carbocycles. The second-order valence-electron chi connectivity index (χ2n) is 5.30. The average molecular weight is 304 g/mol. The molecule has 2 aromatic carbocycles. The number of rotatable bonds is 5. The van der Waals surface area contributed by atoms with Crippen LogP contribution in [0.25, 0.3) is 0 Å². The number of halogens is 1. The number of hydrogen-bond acceptors (Lipinski definition) is 2. The van der Waals surface area contributed by atoms with E-state index in [1.165, 1.54) is 16.7 Å². The van der Waals surface area contributed by atoms with Gasteiger partial charge in [-0.25, -0.2) is 0 Å². The third-order valence-corrected chi connectivity index (χ3v) is 3.81. The summed E-state index contributed by atoms with van der Waals surface area (Å²) in [5, 5.41) is 4.13. The fraction of sp³-hybridized carbons (Fsp3) is 0.333. The minimum Gasteiger partial charge on any atom is -0.492 e. The first-order valence-electron chi connectivity index (χ1n) is 7.27. The van der Waals surface area contributed by atoms with Gasteiger partial charge in [-0.2, -0.15) is 0 Å². The Morgan fingerprint density at radius 3 is 2.57 bits per heavy atom. The van der Waals surface area contributed by atoms with Crippen molar-refractivity contribution in [2.45, 2.75) is 33.7 Å². The summed E-state index contributed by atoms with van der Waals surface area (Å²) in [5.74, 6) is 0.726. The maximum Gasteiger partial charge on any atom is 0.138 e. The van der Waals surface area contributed by atoms with Crippen LogP contribution in [0.5, 0.6) is 5.75 Å². The van der Waals surface area contributed by atoms with Gasteiger partial charge in [-0.3, -0.25) is 0 Å². The van der Waals surface area contributed by atoms with E-state index >= 15 is 0 Å². The minimum absolute atomic E-state index is 0.221. The lowest BCUT2D eigenvalue weighted by atomic mass is 10.00. The van der Waals surface area contributed by atoms with Gasteiger partial charge >= 0.3 is 0 Å². The topological polar surface area (TPSA) is 21.3 Å². The SMILES string of the molecule is CCOc1ccc(NC(C)c2cc(C)ccc2C)cc1Cl. The van der Waals surface area contributed by atoms with Crippen LogP contribution in [0.4, 0.5) is 5.69 Å². The van der Waals surface area contributed by atoms with Crippen LogP contribution in [0.15, 0.2) is 36.4 Å². The standard InChI is InChI=1S/C18H22ClNO/c1-5-21-18-9-8-15(11-17(18)19)20-14(4)16-10-12(2)6-7-13(16)3/h6-11,14,20H,5H2,1-4H3. The van der Waals surface area contributed by atoms with Gasteiger partial charge < -0.3 is 10.1 Å². The summed E-state index contributed by atoms with van der Waals surface area (Å²) in [7, 11) is 0. The number of benzene rings is 2. The molecule has 0 fully saturated rings. The second kappa shape index (κ2) is 6.86. The molecule has 0 aliphatic rings. The summed E-state index contributed by atoms with van der Waals surface area (Å²) in [5.41, 5.74) is 4.86. The van der Waals surface area contributed by atoms with Crippen LogP contribution < -0.4 is 10.1 Å². The predicted octanol–water partition coefficient (Wildman–Crippen LogP) is 5.53. The maximum atomic E-state index is 6.23. The second-order valence-corrected chi connectivity index (χ2v) is 5.71. The summed E-state index contributed by atoms with van der Waals surface area (Å²) in [6, 6.07) is 12.6. The molecule has 112 valence electrons. The van der Waals surface area contributed by atoms with Crippen LogP contribution in [0, 0.1) is 13.8 Å². The first-order valence-corrected chi connectivity index (χ1v) is 7.65. The summed E-state index contributed by atoms with van der Waals surface area (Å²) in [4.78, 5) is 0. The van der Waals surface area contributed by atoms with Crippen molar-refractivity contribution in [2.75, 3.05) is 11.9 Å². The normalized spacial score (nSPS) is 12.0. The van der Waals surface area contributed by atoms with E-state index < -0.39 is 0 Å². The molecule has 0 spiro atoms. The first kappa shape index (κ1) is 15.7. The van der Waals surface area contributed by atoms with E-state index in [2.05, 4.69) is 44.3 Å². The summed E-state index contributed by atoms with van der Waals surface area (Å²) in [6.45, 7) is 8.98. The quantitative estimate of drug-likeness (QED) is 0.784. The van der Waals surface area contributed by atoms with Crippen molar-refractivity contribution in [2.24, 2.45) is 0 Å². The lowest BCUT2D eigenvalue weighted by Crippen LogP contribution is -2.08. The van der Waals surface area contributed by atoms with E-state index in [4.69, 9.17) is 16.3 Å². The molecule has 0 radical (unpaired) electrons. The lowest BCUT2D eigenvalue weighted by molar-refractivity contribution is 0.340. The summed E-state index contributed by atoms with van der Waals surface area (Å²) < 4.78 is 5.46. The van der Waals surface area contributed by atoms with Crippen LogP contribution in [0.2, 0.25) is 5.02 Å². The summed E-state index contributed by atoms with van der Waals surface area (Å²) in [6.07, 6.45) is 0. The molecule has 2 aromatic rings. The molecule has 0 saturated heterocycles. The molecule has 0 aromatic heterocycles. The first-order chi connectivity index (χ1) is 10.0. The fourth-order valence-corrected chi connectivity index (χ4v) is 2.65. The molecule has 2 rings (SSSR count). The Morgan fingerprint density at radius 1 is 1.14 bits per heavy atom.